The molecule has 1 amide bonds. The van der Waals surface area contributed by atoms with Gasteiger partial charge in [-0.3, -0.25) is 0 Å². The van der Waals surface area contributed by atoms with Gasteiger partial charge in [0.15, 0.2) is 7.85 Å². The Morgan fingerprint density at radius 2 is 1.40 bits per heavy atom. The quantitative estimate of drug-likeness (QED) is 0.477. The van der Waals surface area contributed by atoms with E-state index in [1.54, 1.807) is 15.7 Å². The number of alkyl halides is 6. The lowest BCUT2D eigenvalue weighted by Crippen LogP contribution is -2.67. The third-order valence-electron chi connectivity index (χ3n) is 4.46. The van der Waals surface area contributed by atoms with Crippen LogP contribution in [-0.4, -0.2) is 87.8 Å². The number of piperazine rings is 1. The summed E-state index contributed by atoms with van der Waals surface area (Å²) >= 11 is 0. The normalized spacial score (nSPS) is 24.3. The van der Waals surface area contributed by atoms with Gasteiger partial charge in [-0.2, -0.15) is 26.3 Å². The number of hydrogen-bond acceptors (Lipinski definition) is 3. The maximum absolute atomic E-state index is 12.9. The van der Waals surface area contributed by atoms with Gasteiger partial charge in [0.1, 0.15) is 15.7 Å². The van der Waals surface area contributed by atoms with E-state index in [1.165, 1.54) is 0 Å². The Labute approximate surface area is 145 Å². The van der Waals surface area contributed by atoms with E-state index >= 15 is 0 Å². The summed E-state index contributed by atoms with van der Waals surface area (Å²) in [5, 5.41) is 0. The molecule has 0 aromatic carbocycles. The van der Waals surface area contributed by atoms with Gasteiger partial charge in [-0.15, -0.1) is 0 Å². The summed E-state index contributed by atoms with van der Waals surface area (Å²) in [5.74, 6) is -0.833. The number of carbonyl (C=O) groups excluding carboxylic acids is 1. The van der Waals surface area contributed by atoms with Crippen molar-refractivity contribution in [2.75, 3.05) is 13.1 Å². The van der Waals surface area contributed by atoms with Crippen LogP contribution in [0.2, 0.25) is 0 Å². The van der Waals surface area contributed by atoms with Crippen LogP contribution in [-0.2, 0) is 4.74 Å². The maximum atomic E-state index is 12.9. The van der Waals surface area contributed by atoms with E-state index in [0.29, 0.717) is 6.54 Å². The summed E-state index contributed by atoms with van der Waals surface area (Å²) in [7, 11) is 3.14. The second-order valence-electron chi connectivity index (χ2n) is 7.57. The number of hydrogen-bond donors (Lipinski definition) is 0. The highest BCUT2D eigenvalue weighted by Gasteiger charge is 2.70. The molecular formula is C12H21B3F6N2O2. The van der Waals surface area contributed by atoms with Crippen molar-refractivity contribution in [3.05, 3.63) is 0 Å². The molecule has 0 aliphatic carbocycles. The van der Waals surface area contributed by atoms with Crippen LogP contribution in [0.3, 0.4) is 0 Å². The summed E-state index contributed by atoms with van der Waals surface area (Å²) in [5.41, 5.74) is -4.81. The van der Waals surface area contributed by atoms with Gasteiger partial charge >= 0.3 is 18.4 Å². The highest BCUT2D eigenvalue weighted by atomic mass is 19.4. The minimum atomic E-state index is -5.77. The second kappa shape index (κ2) is 6.62. The van der Waals surface area contributed by atoms with Crippen LogP contribution in [0.15, 0.2) is 0 Å². The zero-order valence-corrected chi connectivity index (χ0v) is 15.0. The molecule has 0 saturated carbocycles. The van der Waals surface area contributed by atoms with E-state index in [2.05, 4.69) is 4.74 Å². The summed E-state index contributed by atoms with van der Waals surface area (Å²) in [4.78, 5) is 15.1. The molecule has 1 aliphatic rings. The Hall–Kier alpha value is -0.995. The summed E-state index contributed by atoms with van der Waals surface area (Å²) in [6.45, 7) is 6.11. The van der Waals surface area contributed by atoms with Gasteiger partial charge in [0.25, 0.3) is 5.50 Å². The van der Waals surface area contributed by atoms with E-state index in [9.17, 15) is 31.1 Å². The molecule has 0 N–H and O–H groups in total. The van der Waals surface area contributed by atoms with Crippen molar-refractivity contribution in [3.63, 3.8) is 0 Å². The first kappa shape index (κ1) is 22.0. The van der Waals surface area contributed by atoms with Crippen molar-refractivity contribution in [3.8, 4) is 0 Å². The number of amides is 1. The first-order valence-corrected chi connectivity index (χ1v) is 7.81. The Balaban J connectivity index is 3.01. The number of rotatable bonds is 1. The van der Waals surface area contributed by atoms with E-state index in [4.69, 9.17) is 0 Å². The minimum Gasteiger partial charge on any atom is -0.433 e. The fourth-order valence-electron chi connectivity index (χ4n) is 2.83. The highest BCUT2D eigenvalue weighted by molar-refractivity contribution is 6.17. The smallest absolute Gasteiger partial charge is 0.428 e. The molecule has 0 aromatic heterocycles. The lowest BCUT2D eigenvalue weighted by atomic mass is 9.79. The lowest BCUT2D eigenvalue weighted by Gasteiger charge is -2.50. The van der Waals surface area contributed by atoms with Gasteiger partial charge < -0.3 is 14.5 Å². The molecule has 0 radical (unpaired) electrons. The third kappa shape index (κ3) is 4.40. The van der Waals surface area contributed by atoms with Crippen LogP contribution in [0, 0.1) is 0 Å². The molecule has 1 aliphatic heterocycles. The van der Waals surface area contributed by atoms with Gasteiger partial charge in [0.2, 0.25) is 0 Å². The zero-order chi connectivity index (χ0) is 20.0. The van der Waals surface area contributed by atoms with E-state index in [1.807, 2.05) is 25.7 Å². The van der Waals surface area contributed by atoms with Crippen LogP contribution in [0.4, 0.5) is 31.1 Å². The Kier molecular flexibility index (Phi) is 5.84. The van der Waals surface area contributed by atoms with Crippen molar-refractivity contribution in [1.82, 2.24) is 9.80 Å². The SMILES string of the molecule is BC1CN(C(C)(C)C)C(B)CN1C(=O)OC(B)(C(F)(F)F)C(F)(F)F. The van der Waals surface area contributed by atoms with Crippen molar-refractivity contribution in [2.45, 2.75) is 56.0 Å². The molecule has 1 saturated heterocycles. The average molecular weight is 372 g/mol. The Morgan fingerprint density at radius 3 is 1.76 bits per heavy atom. The number of ether oxygens (including phenoxy) is 1. The molecule has 2 unspecified atom stereocenters. The second-order valence-corrected chi connectivity index (χ2v) is 7.57. The molecule has 0 bridgehead atoms. The van der Waals surface area contributed by atoms with Crippen LogP contribution >= 0.6 is 0 Å². The lowest BCUT2D eigenvalue weighted by molar-refractivity contribution is -0.331. The summed E-state index contributed by atoms with van der Waals surface area (Å²) in [6.07, 6.45) is -13.2. The third-order valence-corrected chi connectivity index (χ3v) is 4.46. The van der Waals surface area contributed by atoms with E-state index < -0.39 is 29.9 Å². The standard InChI is InChI=1S/C12H21B3F6N2O2/c1-9(2,3)23-5-6(13)22(4-7(23)14)8(24)25-10(15,11(16,17)18)12(19,20)21/h6-7H,4-5,13-15H2,1-3H3. The maximum Gasteiger partial charge on any atom is 0.428 e. The fourth-order valence-corrected chi connectivity index (χ4v) is 2.83. The van der Waals surface area contributed by atoms with Crippen LogP contribution in [0.1, 0.15) is 20.8 Å². The molecule has 2 atom stereocenters. The number of halogens is 6. The van der Waals surface area contributed by atoms with Crippen molar-refractivity contribution < 1.29 is 35.9 Å². The summed E-state index contributed by atoms with van der Waals surface area (Å²) in [6, 6.07) is 0. The van der Waals surface area contributed by atoms with Gasteiger partial charge in [0.05, 0.1) is 0 Å². The van der Waals surface area contributed by atoms with Gasteiger partial charge in [-0.1, -0.05) is 0 Å². The largest absolute Gasteiger partial charge is 0.433 e. The zero-order valence-electron chi connectivity index (χ0n) is 15.0. The van der Waals surface area contributed by atoms with E-state index in [0.717, 1.165) is 4.90 Å². The molecule has 1 fully saturated rings. The first-order chi connectivity index (χ1) is 10.9. The molecular weight excluding hydrogens is 351 g/mol. The predicted octanol–water partition coefficient (Wildman–Crippen LogP) is -0.0885. The molecule has 25 heavy (non-hydrogen) atoms. The summed E-state index contributed by atoms with van der Waals surface area (Å²) < 4.78 is 81.3. The van der Waals surface area contributed by atoms with Crippen LogP contribution in [0.5, 0.6) is 0 Å². The Morgan fingerprint density at radius 1 is 0.960 bits per heavy atom. The van der Waals surface area contributed by atoms with Crippen molar-refractivity contribution >= 4 is 29.6 Å². The van der Waals surface area contributed by atoms with Crippen LogP contribution in [0.25, 0.3) is 0 Å². The topological polar surface area (TPSA) is 32.8 Å². The van der Waals surface area contributed by atoms with Gasteiger partial charge in [0, 0.05) is 24.6 Å². The Bertz CT molecular complexity index is 495. The number of nitrogens with zero attached hydrogens (tertiary/aromatic N) is 2. The van der Waals surface area contributed by atoms with Gasteiger partial charge in [-0.05, 0) is 26.7 Å². The average Bonchev–Trinajstić information content (AvgIpc) is 2.36. The molecule has 13 heteroatoms. The molecule has 0 spiro atoms. The van der Waals surface area contributed by atoms with Crippen LogP contribution < -0.4 is 0 Å². The first-order valence-electron chi connectivity index (χ1n) is 7.81. The molecule has 1 heterocycles. The molecule has 0 aromatic rings. The van der Waals surface area contributed by atoms with Crippen molar-refractivity contribution in [1.29, 1.82) is 0 Å². The molecule has 4 nitrogen and oxygen atoms in total. The van der Waals surface area contributed by atoms with E-state index in [-0.39, 0.29) is 25.9 Å². The highest BCUT2D eigenvalue weighted by Crippen LogP contribution is 2.44. The molecule has 1 rings (SSSR count). The predicted molar refractivity (Wildman–Crippen MR) is 87.7 cm³/mol. The monoisotopic (exact) mass is 372 g/mol. The minimum absolute atomic E-state index is 0.0247. The molecule has 142 valence electrons. The number of carbonyl (C=O) groups is 1. The van der Waals surface area contributed by atoms with Gasteiger partial charge in [-0.25, -0.2) is 4.79 Å². The fraction of sp³-hybridized carbons (Fsp3) is 0.917. The van der Waals surface area contributed by atoms with Crippen molar-refractivity contribution in [2.24, 2.45) is 0 Å².